The molecule has 1 heterocycles. The lowest BCUT2D eigenvalue weighted by molar-refractivity contribution is -0.141. The van der Waals surface area contributed by atoms with Gasteiger partial charge >= 0.3 is 6.18 Å². The molecule has 0 spiro atoms. The second-order valence-corrected chi connectivity index (χ2v) is 7.53. The number of halogens is 3. The van der Waals surface area contributed by atoms with Crippen LogP contribution in [-0.4, -0.2) is 33.3 Å². The van der Waals surface area contributed by atoms with Crippen molar-refractivity contribution in [3.05, 3.63) is 60.8 Å². The summed E-state index contributed by atoms with van der Waals surface area (Å²) < 4.78 is 40.5. The summed E-state index contributed by atoms with van der Waals surface area (Å²) in [5.41, 5.74) is 2.02. The van der Waals surface area contributed by atoms with Crippen molar-refractivity contribution in [2.45, 2.75) is 24.8 Å². The average Bonchev–Trinajstić information content (AvgIpc) is 3.09. The van der Waals surface area contributed by atoms with E-state index in [1.807, 2.05) is 0 Å². The van der Waals surface area contributed by atoms with Gasteiger partial charge in [0.25, 0.3) is 0 Å². The lowest BCUT2D eigenvalue weighted by Crippen LogP contribution is -2.20. The molecule has 0 saturated heterocycles. The molecule has 10 heteroatoms. The molecule has 3 aromatic rings. The maximum absolute atomic E-state index is 13.1. The third-order valence-corrected chi connectivity index (χ3v) is 5.04. The number of imidazole rings is 1. The Balaban J connectivity index is 1.68. The van der Waals surface area contributed by atoms with E-state index in [0.29, 0.717) is 22.6 Å². The van der Waals surface area contributed by atoms with Gasteiger partial charge in [0.1, 0.15) is 6.54 Å². The molecule has 0 fully saturated rings. The Morgan fingerprint density at radius 3 is 2.19 bits per heavy atom. The molecular weight excluding hydrogens is 429 g/mol. The van der Waals surface area contributed by atoms with E-state index in [2.05, 4.69) is 15.6 Å². The summed E-state index contributed by atoms with van der Waals surface area (Å²) in [6.45, 7) is 0.185. The van der Waals surface area contributed by atoms with Crippen LogP contribution < -0.4 is 10.6 Å². The Hall–Kier alpha value is -3.27. The Kier molecular flexibility index (Phi) is 7.01. The molecule has 3 rings (SSSR count). The van der Waals surface area contributed by atoms with Crippen LogP contribution in [0.5, 0.6) is 0 Å². The molecule has 162 valence electrons. The molecule has 31 heavy (non-hydrogen) atoms. The van der Waals surface area contributed by atoms with Crippen LogP contribution in [0.4, 0.5) is 24.5 Å². The minimum absolute atomic E-state index is 0.104. The molecule has 0 unspecified atom stereocenters. The predicted molar refractivity (Wildman–Crippen MR) is 114 cm³/mol. The van der Waals surface area contributed by atoms with Crippen LogP contribution in [0.25, 0.3) is 11.3 Å². The van der Waals surface area contributed by atoms with Crippen LogP contribution in [0.3, 0.4) is 0 Å². The summed E-state index contributed by atoms with van der Waals surface area (Å²) >= 11 is 0.925. The second kappa shape index (κ2) is 9.69. The fraction of sp³-hybridized carbons (Fsp3) is 0.190. The fourth-order valence-corrected chi connectivity index (χ4v) is 3.59. The van der Waals surface area contributed by atoms with Gasteiger partial charge in [-0.15, -0.1) is 0 Å². The van der Waals surface area contributed by atoms with E-state index < -0.39 is 12.7 Å². The summed E-state index contributed by atoms with van der Waals surface area (Å²) in [4.78, 5) is 27.4. The number of nitrogens with one attached hydrogen (secondary N) is 2. The Labute approximate surface area is 180 Å². The van der Waals surface area contributed by atoms with Crippen molar-refractivity contribution in [1.29, 1.82) is 0 Å². The molecule has 0 radical (unpaired) electrons. The third kappa shape index (κ3) is 6.61. The van der Waals surface area contributed by atoms with Crippen molar-refractivity contribution < 1.29 is 22.8 Å². The molecule has 2 aromatic carbocycles. The number of aromatic nitrogens is 2. The largest absolute Gasteiger partial charge is 0.406 e. The second-order valence-electron chi connectivity index (χ2n) is 6.59. The van der Waals surface area contributed by atoms with Crippen LogP contribution in [-0.2, 0) is 16.1 Å². The van der Waals surface area contributed by atoms with E-state index >= 15 is 0 Å². The zero-order valence-corrected chi connectivity index (χ0v) is 17.3. The standard InChI is InChI=1S/C21H19F3N4O2S/c1-14(29)26-16-7-9-17(10-8-16)27-19(30)12-31-20-25-11-18(15-5-3-2-4-6-15)28(20)13-21(22,23)24/h2-11H,12-13H2,1H3,(H,26,29)(H,27,30). The molecular formula is C21H19F3N4O2S. The first-order valence-corrected chi connectivity index (χ1v) is 10.2. The highest BCUT2D eigenvalue weighted by molar-refractivity contribution is 7.99. The summed E-state index contributed by atoms with van der Waals surface area (Å²) in [5.74, 6) is -0.714. The Bertz CT molecular complexity index is 1050. The van der Waals surface area contributed by atoms with Gasteiger partial charge in [-0.2, -0.15) is 13.2 Å². The molecule has 0 aliphatic rings. The number of carbonyl (C=O) groups excluding carboxylic acids is 2. The van der Waals surface area contributed by atoms with Gasteiger partial charge in [0.15, 0.2) is 5.16 Å². The highest BCUT2D eigenvalue weighted by Gasteiger charge is 2.31. The predicted octanol–water partition coefficient (Wildman–Crippen LogP) is 4.80. The highest BCUT2D eigenvalue weighted by Crippen LogP contribution is 2.30. The van der Waals surface area contributed by atoms with Crippen molar-refractivity contribution >= 4 is 35.0 Å². The number of nitrogens with zero attached hydrogens (tertiary/aromatic N) is 2. The van der Waals surface area contributed by atoms with Crippen LogP contribution in [0, 0.1) is 0 Å². The molecule has 0 aliphatic carbocycles. The molecule has 0 bridgehead atoms. The van der Waals surface area contributed by atoms with E-state index in [0.717, 1.165) is 16.3 Å². The van der Waals surface area contributed by atoms with Gasteiger partial charge in [0.2, 0.25) is 11.8 Å². The van der Waals surface area contributed by atoms with Crippen LogP contribution in [0.15, 0.2) is 66.0 Å². The van der Waals surface area contributed by atoms with Gasteiger partial charge in [0.05, 0.1) is 17.6 Å². The first-order valence-electron chi connectivity index (χ1n) is 9.19. The Morgan fingerprint density at radius 2 is 1.61 bits per heavy atom. The van der Waals surface area contributed by atoms with Crippen molar-refractivity contribution in [3.8, 4) is 11.3 Å². The quantitative estimate of drug-likeness (QED) is 0.509. The van der Waals surface area contributed by atoms with Crippen LogP contribution >= 0.6 is 11.8 Å². The van der Waals surface area contributed by atoms with Gasteiger partial charge in [-0.05, 0) is 29.8 Å². The van der Waals surface area contributed by atoms with Gasteiger partial charge in [-0.25, -0.2) is 4.98 Å². The van der Waals surface area contributed by atoms with E-state index in [4.69, 9.17) is 0 Å². The number of anilines is 2. The summed E-state index contributed by atoms with van der Waals surface area (Å²) in [6, 6.07) is 15.1. The normalized spacial score (nSPS) is 11.2. The first-order chi connectivity index (χ1) is 14.7. The van der Waals surface area contributed by atoms with Crippen molar-refractivity contribution in [2.75, 3.05) is 16.4 Å². The minimum atomic E-state index is -4.43. The van der Waals surface area contributed by atoms with Crippen molar-refractivity contribution in [2.24, 2.45) is 0 Å². The Morgan fingerprint density at radius 1 is 1.00 bits per heavy atom. The summed E-state index contributed by atoms with van der Waals surface area (Å²) in [7, 11) is 0. The SMILES string of the molecule is CC(=O)Nc1ccc(NC(=O)CSc2ncc(-c3ccccc3)n2CC(F)(F)F)cc1. The summed E-state index contributed by atoms with van der Waals surface area (Å²) in [5, 5.41) is 5.39. The topological polar surface area (TPSA) is 76.0 Å². The van der Waals surface area contributed by atoms with E-state index in [1.165, 1.54) is 13.1 Å². The van der Waals surface area contributed by atoms with Gasteiger partial charge < -0.3 is 15.2 Å². The molecule has 2 N–H and O–H groups in total. The number of alkyl halides is 3. The monoisotopic (exact) mass is 448 g/mol. The minimum Gasteiger partial charge on any atom is -0.326 e. The number of hydrogen-bond acceptors (Lipinski definition) is 4. The zero-order valence-electron chi connectivity index (χ0n) is 16.4. The third-order valence-electron chi connectivity index (χ3n) is 4.05. The number of hydrogen-bond donors (Lipinski definition) is 2. The van der Waals surface area contributed by atoms with Gasteiger partial charge in [0, 0.05) is 18.3 Å². The highest BCUT2D eigenvalue weighted by atomic mass is 32.2. The molecule has 0 saturated carbocycles. The van der Waals surface area contributed by atoms with Gasteiger partial charge in [-0.1, -0.05) is 42.1 Å². The molecule has 2 amide bonds. The fourth-order valence-electron chi connectivity index (χ4n) is 2.81. The number of rotatable bonds is 7. The number of amides is 2. The van der Waals surface area contributed by atoms with Crippen molar-refractivity contribution in [1.82, 2.24) is 9.55 Å². The maximum Gasteiger partial charge on any atom is 0.406 e. The van der Waals surface area contributed by atoms with Crippen LogP contribution in [0.2, 0.25) is 0 Å². The lowest BCUT2D eigenvalue weighted by Gasteiger charge is -2.14. The number of benzene rings is 2. The number of thioether (sulfide) groups is 1. The number of carbonyl (C=O) groups is 2. The lowest BCUT2D eigenvalue weighted by atomic mass is 10.2. The zero-order chi connectivity index (χ0) is 22.4. The molecule has 0 atom stereocenters. The van der Waals surface area contributed by atoms with E-state index in [9.17, 15) is 22.8 Å². The molecule has 1 aromatic heterocycles. The first kappa shape index (κ1) is 22.4. The smallest absolute Gasteiger partial charge is 0.326 e. The summed E-state index contributed by atoms with van der Waals surface area (Å²) in [6.07, 6.45) is -3.06. The van der Waals surface area contributed by atoms with Gasteiger partial charge in [-0.3, -0.25) is 9.59 Å². The average molecular weight is 448 g/mol. The van der Waals surface area contributed by atoms with E-state index in [-0.39, 0.29) is 22.7 Å². The van der Waals surface area contributed by atoms with Crippen LogP contribution in [0.1, 0.15) is 6.92 Å². The van der Waals surface area contributed by atoms with Crippen molar-refractivity contribution in [3.63, 3.8) is 0 Å². The molecule has 0 aliphatic heterocycles. The maximum atomic E-state index is 13.1. The van der Waals surface area contributed by atoms with E-state index in [1.54, 1.807) is 54.6 Å². The molecule has 6 nitrogen and oxygen atoms in total.